The molecule has 2 aliphatic heterocycles. The van der Waals surface area contributed by atoms with Gasteiger partial charge in [0.2, 0.25) is 0 Å². The molecule has 0 saturated heterocycles. The molecule has 0 amide bonds. The second-order valence-corrected chi connectivity index (χ2v) is 16.2. The molecule has 2 aliphatic carbocycles. The third-order valence-corrected chi connectivity index (χ3v) is 12.9. The molecule has 0 saturated carbocycles. The Kier molecular flexibility index (Phi) is 9.28. The van der Waals surface area contributed by atoms with Crippen molar-refractivity contribution in [2.24, 2.45) is 15.9 Å². The zero-order valence-electron chi connectivity index (χ0n) is 30.3. The molecule has 270 valence electrons. The SMILES string of the molecule is C1=CC(C(N=Cc2ccccc2)=Nc2csc3ccccc23)CC(C2=CC=C3C4=S(C=CC=C4c4nc(-c5ccccc5)nc(-c5ccccc5)n4)OC3C2)=C1. The van der Waals surface area contributed by atoms with Gasteiger partial charge in [-0.05, 0) is 57.0 Å². The molecule has 0 N–H and O–H groups in total. The van der Waals surface area contributed by atoms with Crippen LogP contribution in [0.15, 0.2) is 195 Å². The molecule has 0 spiro atoms. The normalized spacial score (nSPS) is 20.4. The van der Waals surface area contributed by atoms with Crippen LogP contribution in [0.3, 0.4) is 0 Å². The van der Waals surface area contributed by atoms with Gasteiger partial charge in [0.1, 0.15) is 11.9 Å². The lowest BCUT2D eigenvalue weighted by Crippen LogP contribution is -2.20. The number of amidine groups is 1. The lowest BCUT2D eigenvalue weighted by Gasteiger charge is -2.25. The van der Waals surface area contributed by atoms with Crippen LogP contribution in [0.4, 0.5) is 5.69 Å². The van der Waals surface area contributed by atoms with E-state index in [1.54, 1.807) is 11.3 Å². The van der Waals surface area contributed by atoms with E-state index >= 15 is 0 Å². The van der Waals surface area contributed by atoms with Crippen LogP contribution in [0, 0.1) is 5.92 Å². The first-order valence-corrected chi connectivity index (χ1v) is 20.8. The molecule has 3 atom stereocenters. The van der Waals surface area contributed by atoms with E-state index in [1.807, 2.05) is 85.1 Å². The number of hydrogen-bond donors (Lipinski definition) is 0. The van der Waals surface area contributed by atoms with Gasteiger partial charge in [-0.25, -0.2) is 24.9 Å². The third kappa shape index (κ3) is 6.83. The second-order valence-electron chi connectivity index (χ2n) is 13.8. The molecule has 4 aliphatic rings. The van der Waals surface area contributed by atoms with Gasteiger partial charge in [-0.1, -0.05) is 146 Å². The van der Waals surface area contributed by atoms with E-state index in [-0.39, 0.29) is 12.0 Å². The molecule has 6 aromatic rings. The molecular weight excluding hydrogens is 727 g/mol. The van der Waals surface area contributed by atoms with Crippen LogP contribution in [0.2, 0.25) is 0 Å². The molecule has 0 bridgehead atoms. The van der Waals surface area contributed by atoms with E-state index in [1.165, 1.54) is 21.4 Å². The van der Waals surface area contributed by atoms with Crippen LogP contribution in [-0.2, 0) is 4.18 Å². The van der Waals surface area contributed by atoms with E-state index in [0.717, 1.165) is 56.9 Å². The van der Waals surface area contributed by atoms with Gasteiger partial charge in [0, 0.05) is 55.6 Å². The number of rotatable bonds is 7. The Labute approximate surface area is 332 Å². The summed E-state index contributed by atoms with van der Waals surface area (Å²) in [5.41, 5.74) is 8.63. The maximum absolute atomic E-state index is 6.84. The van der Waals surface area contributed by atoms with E-state index in [9.17, 15) is 0 Å². The van der Waals surface area contributed by atoms with Crippen molar-refractivity contribution >= 4 is 60.4 Å². The molecule has 6 nitrogen and oxygen atoms in total. The summed E-state index contributed by atoms with van der Waals surface area (Å²) in [4.78, 5) is 26.4. The fourth-order valence-electron chi connectivity index (χ4n) is 7.42. The highest BCUT2D eigenvalue weighted by molar-refractivity contribution is 8.15. The molecule has 56 heavy (non-hydrogen) atoms. The first-order chi connectivity index (χ1) is 27.7. The van der Waals surface area contributed by atoms with E-state index in [4.69, 9.17) is 29.1 Å². The first-order valence-electron chi connectivity index (χ1n) is 18.7. The van der Waals surface area contributed by atoms with Gasteiger partial charge in [0.05, 0.1) is 5.69 Å². The quantitative estimate of drug-likeness (QED) is 0.0922. The average molecular weight is 762 g/mol. The zero-order valence-corrected chi connectivity index (χ0v) is 31.9. The van der Waals surface area contributed by atoms with Crippen molar-refractivity contribution in [2.75, 3.05) is 0 Å². The molecule has 4 aromatic carbocycles. The van der Waals surface area contributed by atoms with Crippen LogP contribution in [0.25, 0.3) is 38.4 Å². The maximum Gasteiger partial charge on any atom is 0.165 e. The van der Waals surface area contributed by atoms with Crippen molar-refractivity contribution in [2.45, 2.75) is 18.9 Å². The van der Waals surface area contributed by atoms with Gasteiger partial charge in [-0.15, -0.1) is 11.3 Å². The first kappa shape index (κ1) is 34.3. The highest BCUT2D eigenvalue weighted by Crippen LogP contribution is 2.47. The lowest BCUT2D eigenvalue weighted by atomic mass is 9.82. The largest absolute Gasteiger partial charge is 0.310 e. The van der Waals surface area contributed by atoms with Crippen LogP contribution in [0.5, 0.6) is 0 Å². The van der Waals surface area contributed by atoms with Crippen molar-refractivity contribution in [3.63, 3.8) is 0 Å². The summed E-state index contributed by atoms with van der Waals surface area (Å²) in [6.45, 7) is 0. The Bertz CT molecular complexity index is 2710. The minimum Gasteiger partial charge on any atom is -0.310 e. The van der Waals surface area contributed by atoms with E-state index < -0.39 is 10.8 Å². The minimum atomic E-state index is -0.528. The van der Waals surface area contributed by atoms with Crippen molar-refractivity contribution in [1.82, 2.24) is 15.0 Å². The van der Waals surface area contributed by atoms with Crippen molar-refractivity contribution in [3.8, 4) is 22.8 Å². The molecule has 4 heterocycles. The number of allylic oxidation sites excluding steroid dienone is 8. The number of aliphatic imine (C=N–C) groups is 2. The van der Waals surface area contributed by atoms with Gasteiger partial charge >= 0.3 is 0 Å². The number of thiophene rings is 1. The predicted molar refractivity (Wildman–Crippen MR) is 234 cm³/mol. The smallest absolute Gasteiger partial charge is 0.165 e. The van der Waals surface area contributed by atoms with Gasteiger partial charge < -0.3 is 4.18 Å². The minimum absolute atomic E-state index is 0.0159. The van der Waals surface area contributed by atoms with Gasteiger partial charge in [-0.3, -0.25) is 0 Å². The fraction of sp³-hybridized carbons (Fsp3) is 0.0833. The van der Waals surface area contributed by atoms with Crippen molar-refractivity contribution < 1.29 is 4.18 Å². The van der Waals surface area contributed by atoms with Crippen LogP contribution >= 0.6 is 22.1 Å². The Hall–Kier alpha value is -6.19. The highest BCUT2D eigenvalue weighted by atomic mass is 32.2. The van der Waals surface area contributed by atoms with Crippen LogP contribution < -0.4 is 0 Å². The summed E-state index contributed by atoms with van der Waals surface area (Å²) in [5.74, 6) is 2.77. The molecule has 8 heteroatoms. The van der Waals surface area contributed by atoms with Crippen LogP contribution in [-0.4, -0.2) is 38.0 Å². The molecule has 2 aromatic heterocycles. The van der Waals surface area contributed by atoms with E-state index in [2.05, 4.69) is 89.7 Å². The second kappa shape index (κ2) is 15.2. The summed E-state index contributed by atoms with van der Waals surface area (Å²) in [7, 11) is -0.528. The number of hydrogen-bond acceptors (Lipinski definition) is 6. The van der Waals surface area contributed by atoms with Gasteiger partial charge in [-0.2, -0.15) is 0 Å². The zero-order chi connectivity index (χ0) is 37.3. The summed E-state index contributed by atoms with van der Waals surface area (Å²) in [5, 5.41) is 5.45. The Morgan fingerprint density at radius 1 is 0.696 bits per heavy atom. The van der Waals surface area contributed by atoms with Crippen molar-refractivity contribution in [3.05, 3.63) is 197 Å². The summed E-state index contributed by atoms with van der Waals surface area (Å²) in [6, 6.07) is 38.9. The Morgan fingerprint density at radius 2 is 1.38 bits per heavy atom. The number of benzene rings is 4. The number of aromatic nitrogens is 3. The van der Waals surface area contributed by atoms with Gasteiger partial charge in [0.25, 0.3) is 0 Å². The summed E-state index contributed by atoms with van der Waals surface area (Å²) in [6.07, 6.45) is 18.8. The number of fused-ring (bicyclic) bond motifs is 3. The molecule has 0 fully saturated rings. The molecule has 0 radical (unpaired) electrons. The van der Waals surface area contributed by atoms with Crippen LogP contribution in [0.1, 0.15) is 24.2 Å². The molecule has 10 rings (SSSR count). The average Bonchev–Trinajstić information content (AvgIpc) is 3.87. The predicted octanol–water partition coefficient (Wildman–Crippen LogP) is 11.7. The topological polar surface area (TPSA) is 72.6 Å². The molecular formula is C48H35N5OS2. The van der Waals surface area contributed by atoms with E-state index in [0.29, 0.717) is 17.5 Å². The molecule has 3 unspecified atom stereocenters. The fourth-order valence-corrected chi connectivity index (χ4v) is 10.0. The third-order valence-electron chi connectivity index (χ3n) is 10.2. The summed E-state index contributed by atoms with van der Waals surface area (Å²) < 4.78 is 8.06. The Balaban J connectivity index is 0.961. The standard InChI is InChI=1S/C48H35N5OS2/c1-4-14-32(15-5-1)30-49-45(50-41-31-55-43-24-11-10-22-38(41)43)37-21-12-20-35(28-37)36-25-26-39-42(29-36)54-56-27-13-23-40(44(39)56)48-52-46(33-16-6-2-7-17-33)51-47(53-48)34-18-8-3-9-19-34/h1-27,30-31,37,42H,28-29H2. The van der Waals surface area contributed by atoms with Gasteiger partial charge in [0.15, 0.2) is 17.5 Å². The summed E-state index contributed by atoms with van der Waals surface area (Å²) >= 11 is 1.72. The lowest BCUT2D eigenvalue weighted by molar-refractivity contribution is 0.295. The Morgan fingerprint density at radius 3 is 2.14 bits per heavy atom. The van der Waals surface area contributed by atoms with Crippen molar-refractivity contribution in [1.29, 1.82) is 0 Å². The highest BCUT2D eigenvalue weighted by Gasteiger charge is 2.36. The maximum atomic E-state index is 6.84. The number of nitrogens with zero attached hydrogens (tertiary/aromatic N) is 5. The monoisotopic (exact) mass is 761 g/mol.